The number of rotatable bonds is 5. The molecule has 7 nitrogen and oxygen atoms in total. The number of nitrogens with one attached hydrogen (secondary N) is 2. The third-order valence-corrected chi connectivity index (χ3v) is 7.44. The lowest BCUT2D eigenvalue weighted by molar-refractivity contribution is -0.124. The number of carbonyl (C=O) groups is 4. The number of benzene rings is 2. The van der Waals surface area contributed by atoms with Crippen molar-refractivity contribution in [1.29, 1.82) is 0 Å². The zero-order valence-electron chi connectivity index (χ0n) is 21.3. The van der Waals surface area contributed by atoms with E-state index in [0.717, 1.165) is 38.5 Å². The van der Waals surface area contributed by atoms with Crippen molar-refractivity contribution < 1.29 is 24.3 Å². The molecule has 2 aromatic carbocycles. The van der Waals surface area contributed by atoms with Gasteiger partial charge in [-0.3, -0.25) is 19.2 Å². The van der Waals surface area contributed by atoms with Gasteiger partial charge in [-0.25, -0.2) is 0 Å². The monoisotopic (exact) mass is 504 g/mol. The van der Waals surface area contributed by atoms with Crippen LogP contribution in [0, 0.1) is 0 Å². The number of carbonyl (C=O) groups excluding carboxylic acids is 4. The summed E-state index contributed by atoms with van der Waals surface area (Å²) in [6.45, 7) is -0.542. The zero-order valence-corrected chi connectivity index (χ0v) is 21.3. The van der Waals surface area contributed by atoms with Crippen molar-refractivity contribution in [3.8, 4) is 0 Å². The molecule has 1 fully saturated rings. The highest BCUT2D eigenvalue weighted by Gasteiger charge is 2.30. The standard InChI is InChI=1S/C30H36N2O5/c33-19-26(30(37)31-21-12-8-6-4-2-1-3-5-7-9-13-21)32-29(36)20-16-17-24-25(18-20)28(35)23-15-11-10-14-22(23)27(24)34/h10-11,14-18,21,26,33H,1-9,12-13,19H2,(H,31,37)(H,32,36). The fourth-order valence-electron chi connectivity index (χ4n) is 5.29. The normalized spacial score (nSPS) is 18.0. The van der Waals surface area contributed by atoms with Gasteiger partial charge in [-0.05, 0) is 31.0 Å². The Labute approximate surface area is 218 Å². The first-order valence-electron chi connectivity index (χ1n) is 13.5. The molecule has 0 bridgehead atoms. The minimum Gasteiger partial charge on any atom is -0.394 e. The van der Waals surface area contributed by atoms with Crippen LogP contribution in [0.25, 0.3) is 0 Å². The van der Waals surface area contributed by atoms with Crippen LogP contribution in [-0.2, 0) is 4.79 Å². The molecule has 0 spiro atoms. The van der Waals surface area contributed by atoms with Crippen LogP contribution in [0.1, 0.15) is 113 Å². The molecule has 0 radical (unpaired) electrons. The van der Waals surface area contributed by atoms with Crippen LogP contribution in [0.2, 0.25) is 0 Å². The van der Waals surface area contributed by atoms with E-state index in [2.05, 4.69) is 10.6 Å². The number of aliphatic hydroxyl groups excluding tert-OH is 1. The number of hydrogen-bond donors (Lipinski definition) is 3. The molecule has 1 saturated carbocycles. The molecule has 2 aliphatic carbocycles. The van der Waals surface area contributed by atoms with Crippen LogP contribution >= 0.6 is 0 Å². The smallest absolute Gasteiger partial charge is 0.252 e. The van der Waals surface area contributed by atoms with Gasteiger partial charge >= 0.3 is 0 Å². The number of aliphatic hydroxyl groups is 1. The molecule has 0 aliphatic heterocycles. The molecule has 37 heavy (non-hydrogen) atoms. The topological polar surface area (TPSA) is 113 Å². The molecule has 2 amide bonds. The van der Waals surface area contributed by atoms with E-state index in [1.807, 2.05) is 0 Å². The van der Waals surface area contributed by atoms with Gasteiger partial charge in [0, 0.05) is 33.9 Å². The first-order valence-corrected chi connectivity index (χ1v) is 13.5. The van der Waals surface area contributed by atoms with Gasteiger partial charge in [0.05, 0.1) is 6.61 Å². The molecule has 0 heterocycles. The third-order valence-electron chi connectivity index (χ3n) is 7.44. The Hall–Kier alpha value is -3.32. The van der Waals surface area contributed by atoms with Crippen molar-refractivity contribution in [3.05, 3.63) is 70.3 Å². The molecule has 1 unspecified atom stereocenters. The highest BCUT2D eigenvalue weighted by atomic mass is 16.3. The summed E-state index contributed by atoms with van der Waals surface area (Å²) >= 11 is 0. The second-order valence-electron chi connectivity index (χ2n) is 10.1. The molecular weight excluding hydrogens is 468 g/mol. The van der Waals surface area contributed by atoms with Crippen molar-refractivity contribution in [2.45, 2.75) is 82.7 Å². The van der Waals surface area contributed by atoms with Crippen molar-refractivity contribution >= 4 is 23.4 Å². The van der Waals surface area contributed by atoms with Crippen LogP contribution in [0.5, 0.6) is 0 Å². The zero-order chi connectivity index (χ0) is 26.2. The predicted molar refractivity (Wildman–Crippen MR) is 141 cm³/mol. The molecule has 7 heteroatoms. The number of amides is 2. The van der Waals surface area contributed by atoms with Gasteiger partial charge in [0.15, 0.2) is 11.6 Å². The van der Waals surface area contributed by atoms with E-state index in [1.165, 1.54) is 50.3 Å². The molecule has 2 aromatic rings. The first kappa shape index (κ1) is 26.7. The molecule has 2 aliphatic rings. The van der Waals surface area contributed by atoms with Gasteiger partial charge in [0.2, 0.25) is 5.91 Å². The second-order valence-corrected chi connectivity index (χ2v) is 10.1. The number of fused-ring (bicyclic) bond motifs is 2. The average molecular weight is 505 g/mol. The Morgan fingerprint density at radius 2 is 1.27 bits per heavy atom. The Bertz CT molecular complexity index is 1150. The lowest BCUT2D eigenvalue weighted by Gasteiger charge is -2.23. The van der Waals surface area contributed by atoms with E-state index in [1.54, 1.807) is 24.3 Å². The average Bonchev–Trinajstić information content (AvgIpc) is 2.91. The van der Waals surface area contributed by atoms with E-state index in [9.17, 15) is 24.3 Å². The van der Waals surface area contributed by atoms with Gasteiger partial charge in [-0.1, -0.05) is 82.1 Å². The summed E-state index contributed by atoms with van der Waals surface area (Å²) in [5.41, 5.74) is 1.22. The molecule has 3 N–H and O–H groups in total. The Morgan fingerprint density at radius 1 is 0.757 bits per heavy atom. The highest BCUT2D eigenvalue weighted by molar-refractivity contribution is 6.28. The van der Waals surface area contributed by atoms with Gasteiger partial charge in [0.25, 0.3) is 5.91 Å². The Balaban J connectivity index is 1.41. The van der Waals surface area contributed by atoms with E-state index >= 15 is 0 Å². The lowest BCUT2D eigenvalue weighted by Crippen LogP contribution is -2.51. The summed E-state index contributed by atoms with van der Waals surface area (Å²) < 4.78 is 0. The molecule has 0 saturated heterocycles. The summed E-state index contributed by atoms with van der Waals surface area (Å²) in [6.07, 6.45) is 12.5. The van der Waals surface area contributed by atoms with E-state index < -0.39 is 24.5 Å². The summed E-state index contributed by atoms with van der Waals surface area (Å²) in [5.74, 6) is -1.58. The van der Waals surface area contributed by atoms with Crippen LogP contribution < -0.4 is 10.6 Å². The van der Waals surface area contributed by atoms with Gasteiger partial charge in [-0.2, -0.15) is 0 Å². The molecular formula is C30H36N2O5. The highest BCUT2D eigenvalue weighted by Crippen LogP contribution is 2.28. The molecule has 196 valence electrons. The second kappa shape index (κ2) is 12.8. The summed E-state index contributed by atoms with van der Waals surface area (Å²) in [4.78, 5) is 51.8. The van der Waals surface area contributed by atoms with Gasteiger partial charge in [0.1, 0.15) is 6.04 Å². The minimum absolute atomic E-state index is 0.0188. The Morgan fingerprint density at radius 3 is 1.84 bits per heavy atom. The van der Waals surface area contributed by atoms with E-state index in [0.29, 0.717) is 11.1 Å². The van der Waals surface area contributed by atoms with Gasteiger partial charge in [-0.15, -0.1) is 0 Å². The van der Waals surface area contributed by atoms with Crippen molar-refractivity contribution in [3.63, 3.8) is 0 Å². The molecule has 0 aromatic heterocycles. The number of ketones is 2. The van der Waals surface area contributed by atoms with E-state index in [-0.39, 0.29) is 34.3 Å². The van der Waals surface area contributed by atoms with Crippen LogP contribution in [0.15, 0.2) is 42.5 Å². The minimum atomic E-state index is -1.11. The van der Waals surface area contributed by atoms with Crippen molar-refractivity contribution in [2.75, 3.05) is 6.61 Å². The van der Waals surface area contributed by atoms with Gasteiger partial charge < -0.3 is 15.7 Å². The maximum absolute atomic E-state index is 13.0. The van der Waals surface area contributed by atoms with Crippen molar-refractivity contribution in [1.82, 2.24) is 10.6 Å². The summed E-state index contributed by atoms with van der Waals surface area (Å²) in [7, 11) is 0. The lowest BCUT2D eigenvalue weighted by atomic mass is 9.83. The largest absolute Gasteiger partial charge is 0.394 e. The maximum atomic E-state index is 13.0. The fraction of sp³-hybridized carbons (Fsp3) is 0.467. The molecule has 1 atom stereocenters. The van der Waals surface area contributed by atoms with E-state index in [4.69, 9.17) is 0 Å². The van der Waals surface area contributed by atoms with Crippen LogP contribution in [0.4, 0.5) is 0 Å². The number of hydrogen-bond acceptors (Lipinski definition) is 5. The fourth-order valence-corrected chi connectivity index (χ4v) is 5.29. The third kappa shape index (κ3) is 6.52. The summed E-state index contributed by atoms with van der Waals surface area (Å²) in [5, 5.41) is 15.5. The Kier molecular flexibility index (Phi) is 9.23. The SMILES string of the molecule is O=C(NC(CO)C(=O)NC1CCCCCCCCCCC1)c1ccc2c(c1)C(=O)c1ccccc1C2=O. The van der Waals surface area contributed by atoms with Crippen LogP contribution in [-0.4, -0.2) is 47.2 Å². The first-order chi connectivity index (χ1) is 18.0. The molecule has 4 rings (SSSR count). The summed E-state index contributed by atoms with van der Waals surface area (Å²) in [6, 6.07) is 9.85. The predicted octanol–water partition coefficient (Wildman–Crippen LogP) is 4.34. The quantitative estimate of drug-likeness (QED) is 0.478. The van der Waals surface area contributed by atoms with Crippen LogP contribution in [0.3, 0.4) is 0 Å². The maximum Gasteiger partial charge on any atom is 0.252 e. The van der Waals surface area contributed by atoms with Crippen molar-refractivity contribution in [2.24, 2.45) is 0 Å².